The van der Waals surface area contributed by atoms with Crippen molar-refractivity contribution in [2.45, 2.75) is 26.9 Å². The Hall–Kier alpha value is -2.23. The van der Waals surface area contributed by atoms with Crippen molar-refractivity contribution in [3.8, 4) is 11.5 Å². The van der Waals surface area contributed by atoms with Crippen molar-refractivity contribution in [3.05, 3.63) is 36.0 Å². The summed E-state index contributed by atoms with van der Waals surface area (Å²) in [5, 5.41) is 4.68. The van der Waals surface area contributed by atoms with Crippen LogP contribution in [0.25, 0.3) is 22.6 Å². The van der Waals surface area contributed by atoms with Crippen molar-refractivity contribution in [2.24, 2.45) is 7.05 Å². The smallest absolute Gasteiger partial charge is 0.282 e. The summed E-state index contributed by atoms with van der Waals surface area (Å²) in [5.41, 5.74) is 3.63. The highest BCUT2D eigenvalue weighted by Gasteiger charge is 2.32. The van der Waals surface area contributed by atoms with Gasteiger partial charge in [0.25, 0.3) is 10.2 Å². The van der Waals surface area contributed by atoms with Crippen LogP contribution < -0.4 is 0 Å². The topological polar surface area (TPSA) is 76.3 Å². The number of imidazole rings is 1. The van der Waals surface area contributed by atoms with E-state index in [1.54, 1.807) is 0 Å². The molecule has 4 rings (SSSR count). The Balaban J connectivity index is 1.67. The Bertz CT molecular complexity index is 1080. The largest absolute Gasteiger partial charge is 0.326 e. The fourth-order valence-electron chi connectivity index (χ4n) is 3.64. The first-order valence-electron chi connectivity index (χ1n) is 9.19. The first kappa shape index (κ1) is 18.1. The van der Waals surface area contributed by atoms with Crippen LogP contribution in [-0.2, 0) is 30.3 Å². The lowest BCUT2D eigenvalue weighted by molar-refractivity contribution is 0.295. The van der Waals surface area contributed by atoms with Crippen molar-refractivity contribution in [3.63, 3.8) is 0 Å². The van der Waals surface area contributed by atoms with Gasteiger partial charge in [-0.15, -0.1) is 0 Å². The van der Waals surface area contributed by atoms with Crippen LogP contribution in [0.15, 0.2) is 30.3 Å². The van der Waals surface area contributed by atoms with E-state index in [0.717, 1.165) is 28.2 Å². The highest BCUT2D eigenvalue weighted by molar-refractivity contribution is 7.86. The molecule has 1 aliphatic rings. The SMILES string of the molecule is CCN(CC)S(=O)(=O)N1CCn2nc(-c3nc4ccccc4n3C)cc2C1. The average molecular weight is 388 g/mol. The summed E-state index contributed by atoms with van der Waals surface area (Å²) in [5.74, 6) is 0.788. The predicted octanol–water partition coefficient (Wildman–Crippen LogP) is 1.84. The molecule has 9 heteroatoms. The average Bonchev–Trinajstić information content (AvgIpc) is 3.23. The number of fused-ring (bicyclic) bond motifs is 2. The molecule has 0 saturated heterocycles. The zero-order chi connectivity index (χ0) is 19.2. The molecular weight excluding hydrogens is 364 g/mol. The van der Waals surface area contributed by atoms with E-state index in [0.29, 0.717) is 32.7 Å². The van der Waals surface area contributed by atoms with Crippen LogP contribution in [0.3, 0.4) is 0 Å². The molecule has 3 heterocycles. The van der Waals surface area contributed by atoms with Crippen LogP contribution >= 0.6 is 0 Å². The van der Waals surface area contributed by atoms with E-state index in [1.807, 2.05) is 60.5 Å². The number of nitrogens with zero attached hydrogens (tertiary/aromatic N) is 6. The first-order valence-corrected chi connectivity index (χ1v) is 10.6. The van der Waals surface area contributed by atoms with Gasteiger partial charge in [-0.2, -0.15) is 22.1 Å². The van der Waals surface area contributed by atoms with E-state index < -0.39 is 10.2 Å². The molecule has 1 aliphatic heterocycles. The van der Waals surface area contributed by atoms with Gasteiger partial charge in [-0.25, -0.2) is 4.98 Å². The lowest BCUT2D eigenvalue weighted by Crippen LogP contribution is -2.46. The highest BCUT2D eigenvalue weighted by atomic mass is 32.2. The van der Waals surface area contributed by atoms with Gasteiger partial charge in [0.15, 0.2) is 5.82 Å². The summed E-state index contributed by atoms with van der Waals surface area (Å²) in [6.45, 7) is 5.96. The molecule has 0 amide bonds. The normalized spacial score (nSPS) is 15.6. The second kappa shape index (κ2) is 6.74. The van der Waals surface area contributed by atoms with E-state index in [1.165, 1.54) is 8.61 Å². The molecule has 0 saturated carbocycles. The molecule has 2 aromatic heterocycles. The van der Waals surface area contributed by atoms with Gasteiger partial charge in [0, 0.05) is 26.7 Å². The lowest BCUT2D eigenvalue weighted by atomic mass is 10.3. The minimum atomic E-state index is -3.45. The number of aryl methyl sites for hydroxylation is 1. The molecule has 0 aliphatic carbocycles. The number of rotatable bonds is 5. The number of hydrogen-bond donors (Lipinski definition) is 0. The molecule has 144 valence electrons. The summed E-state index contributed by atoms with van der Waals surface area (Å²) in [6.07, 6.45) is 0. The van der Waals surface area contributed by atoms with Crippen molar-refractivity contribution in [2.75, 3.05) is 19.6 Å². The van der Waals surface area contributed by atoms with Crippen molar-refractivity contribution < 1.29 is 8.42 Å². The van der Waals surface area contributed by atoms with Gasteiger partial charge in [-0.3, -0.25) is 4.68 Å². The van der Waals surface area contributed by atoms with Gasteiger partial charge in [-0.1, -0.05) is 26.0 Å². The fraction of sp³-hybridized carbons (Fsp3) is 0.444. The minimum absolute atomic E-state index is 0.329. The van der Waals surface area contributed by atoms with E-state index in [9.17, 15) is 8.42 Å². The monoisotopic (exact) mass is 388 g/mol. The Morgan fingerprint density at radius 2 is 1.89 bits per heavy atom. The van der Waals surface area contributed by atoms with Gasteiger partial charge >= 0.3 is 0 Å². The fourth-order valence-corrected chi connectivity index (χ4v) is 5.22. The molecular formula is C18H24N6O2S. The predicted molar refractivity (Wildman–Crippen MR) is 104 cm³/mol. The van der Waals surface area contributed by atoms with Gasteiger partial charge in [0.1, 0.15) is 5.69 Å². The summed E-state index contributed by atoms with van der Waals surface area (Å²) in [4.78, 5) is 4.70. The Labute approximate surface area is 159 Å². The third kappa shape index (κ3) is 2.95. The molecule has 0 fully saturated rings. The lowest BCUT2D eigenvalue weighted by Gasteiger charge is -2.31. The summed E-state index contributed by atoms with van der Waals surface area (Å²) < 4.78 is 32.6. The third-order valence-corrected chi connectivity index (χ3v) is 7.27. The van der Waals surface area contributed by atoms with Crippen molar-refractivity contribution in [1.82, 2.24) is 27.9 Å². The Morgan fingerprint density at radius 1 is 1.15 bits per heavy atom. The molecule has 0 atom stereocenters. The van der Waals surface area contributed by atoms with Gasteiger partial charge in [0.2, 0.25) is 0 Å². The molecule has 0 bridgehead atoms. The summed E-state index contributed by atoms with van der Waals surface area (Å²) in [6, 6.07) is 9.91. The molecule has 27 heavy (non-hydrogen) atoms. The number of hydrogen-bond acceptors (Lipinski definition) is 4. The molecule has 3 aromatic rings. The van der Waals surface area contributed by atoms with Crippen LogP contribution in [0.2, 0.25) is 0 Å². The van der Waals surface area contributed by atoms with Gasteiger partial charge < -0.3 is 4.57 Å². The number of para-hydroxylation sites is 2. The van der Waals surface area contributed by atoms with Crippen LogP contribution in [0.5, 0.6) is 0 Å². The van der Waals surface area contributed by atoms with Crippen LogP contribution in [-0.4, -0.2) is 56.0 Å². The van der Waals surface area contributed by atoms with Crippen LogP contribution in [0.4, 0.5) is 0 Å². The zero-order valence-electron chi connectivity index (χ0n) is 15.8. The third-order valence-electron chi connectivity index (χ3n) is 5.14. The number of aromatic nitrogens is 4. The maximum Gasteiger partial charge on any atom is 0.282 e. The van der Waals surface area contributed by atoms with Gasteiger partial charge in [-0.05, 0) is 18.2 Å². The summed E-state index contributed by atoms with van der Waals surface area (Å²) >= 11 is 0. The quantitative estimate of drug-likeness (QED) is 0.668. The van der Waals surface area contributed by atoms with Crippen LogP contribution in [0.1, 0.15) is 19.5 Å². The standard InChI is InChI=1S/C18H24N6O2S/c1-4-22(5-2)27(25,26)23-10-11-24-14(13-23)12-16(20-24)18-19-15-8-6-7-9-17(15)21(18)3/h6-9,12H,4-5,10-11,13H2,1-3H3. The van der Waals surface area contributed by atoms with Crippen molar-refractivity contribution in [1.29, 1.82) is 0 Å². The Kier molecular flexibility index (Phi) is 4.53. The van der Waals surface area contributed by atoms with E-state index >= 15 is 0 Å². The molecule has 0 N–H and O–H groups in total. The maximum atomic E-state index is 12.8. The van der Waals surface area contributed by atoms with Crippen LogP contribution in [0, 0.1) is 0 Å². The first-order chi connectivity index (χ1) is 13.0. The van der Waals surface area contributed by atoms with Crippen molar-refractivity contribution >= 4 is 21.2 Å². The zero-order valence-corrected chi connectivity index (χ0v) is 16.6. The summed E-state index contributed by atoms with van der Waals surface area (Å²) in [7, 11) is -1.47. The molecule has 1 aromatic carbocycles. The molecule has 0 unspecified atom stereocenters. The maximum absolute atomic E-state index is 12.8. The highest BCUT2D eigenvalue weighted by Crippen LogP contribution is 2.26. The van der Waals surface area contributed by atoms with Gasteiger partial charge in [0.05, 0.1) is 29.8 Å². The second-order valence-electron chi connectivity index (χ2n) is 6.65. The van der Waals surface area contributed by atoms with E-state index in [-0.39, 0.29) is 0 Å². The second-order valence-corrected chi connectivity index (χ2v) is 8.58. The van der Waals surface area contributed by atoms with E-state index in [2.05, 4.69) is 5.10 Å². The Morgan fingerprint density at radius 3 is 2.59 bits per heavy atom. The minimum Gasteiger partial charge on any atom is -0.326 e. The molecule has 0 radical (unpaired) electrons. The molecule has 8 nitrogen and oxygen atoms in total. The van der Waals surface area contributed by atoms with E-state index in [4.69, 9.17) is 4.98 Å². The number of benzene rings is 1. The molecule has 0 spiro atoms.